The zero-order chi connectivity index (χ0) is 13.7. The van der Waals surface area contributed by atoms with Gasteiger partial charge in [0.1, 0.15) is 6.54 Å². The SMILES string of the molecule is CCCN(CC(=O)O)C(=O)c1cc(Cl)cc(Br)c1. The molecule has 1 aromatic rings. The third kappa shape index (κ3) is 4.31. The van der Waals surface area contributed by atoms with Crippen molar-refractivity contribution in [2.45, 2.75) is 13.3 Å². The van der Waals surface area contributed by atoms with Crippen LogP contribution in [0.25, 0.3) is 0 Å². The number of benzene rings is 1. The fraction of sp³-hybridized carbons (Fsp3) is 0.333. The maximum atomic E-state index is 12.2. The first-order valence-corrected chi connectivity index (χ1v) is 6.58. The lowest BCUT2D eigenvalue weighted by molar-refractivity contribution is -0.137. The minimum absolute atomic E-state index is 0.309. The van der Waals surface area contributed by atoms with Crippen molar-refractivity contribution in [3.8, 4) is 0 Å². The molecule has 0 aliphatic carbocycles. The standard InChI is InChI=1S/C12H13BrClNO3/c1-2-3-15(7-11(16)17)12(18)8-4-9(13)6-10(14)5-8/h4-6H,2-3,7H2,1H3,(H,16,17). The first-order valence-electron chi connectivity index (χ1n) is 5.41. The largest absolute Gasteiger partial charge is 0.480 e. The highest BCUT2D eigenvalue weighted by Crippen LogP contribution is 2.20. The molecule has 98 valence electrons. The number of halogens is 2. The minimum atomic E-state index is -1.03. The van der Waals surface area contributed by atoms with Crippen molar-refractivity contribution >= 4 is 39.4 Å². The summed E-state index contributed by atoms with van der Waals surface area (Å²) >= 11 is 9.11. The molecular weight excluding hydrogens is 321 g/mol. The summed E-state index contributed by atoms with van der Waals surface area (Å²) < 4.78 is 0.685. The van der Waals surface area contributed by atoms with Gasteiger partial charge in [-0.25, -0.2) is 0 Å². The zero-order valence-corrected chi connectivity index (χ0v) is 12.2. The Morgan fingerprint density at radius 3 is 2.56 bits per heavy atom. The molecule has 0 aromatic heterocycles. The summed E-state index contributed by atoms with van der Waals surface area (Å²) in [5.74, 6) is -1.36. The van der Waals surface area contributed by atoms with E-state index in [-0.39, 0.29) is 12.5 Å². The zero-order valence-electron chi connectivity index (χ0n) is 9.82. The highest BCUT2D eigenvalue weighted by Gasteiger charge is 2.18. The van der Waals surface area contributed by atoms with Gasteiger partial charge in [-0.15, -0.1) is 0 Å². The summed E-state index contributed by atoms with van der Waals surface area (Å²) in [6.45, 7) is 1.97. The fourth-order valence-electron chi connectivity index (χ4n) is 1.55. The van der Waals surface area contributed by atoms with E-state index in [0.29, 0.717) is 28.0 Å². The predicted octanol–water partition coefficient (Wildman–Crippen LogP) is 3.04. The molecule has 0 radical (unpaired) electrons. The van der Waals surface area contributed by atoms with Crippen LogP contribution in [-0.4, -0.2) is 35.0 Å². The van der Waals surface area contributed by atoms with Crippen LogP contribution in [0, 0.1) is 0 Å². The molecule has 0 spiro atoms. The van der Waals surface area contributed by atoms with E-state index in [2.05, 4.69) is 15.9 Å². The lowest BCUT2D eigenvalue weighted by atomic mass is 10.2. The van der Waals surface area contributed by atoms with Gasteiger partial charge in [-0.3, -0.25) is 9.59 Å². The highest BCUT2D eigenvalue weighted by atomic mass is 79.9. The monoisotopic (exact) mass is 333 g/mol. The average molecular weight is 335 g/mol. The van der Waals surface area contributed by atoms with Crippen molar-refractivity contribution < 1.29 is 14.7 Å². The lowest BCUT2D eigenvalue weighted by Gasteiger charge is -2.20. The van der Waals surface area contributed by atoms with Gasteiger partial charge in [0.25, 0.3) is 5.91 Å². The molecule has 0 aliphatic heterocycles. The van der Waals surface area contributed by atoms with Crippen LogP contribution in [0.15, 0.2) is 22.7 Å². The Labute approximate surface area is 119 Å². The van der Waals surface area contributed by atoms with E-state index in [1.54, 1.807) is 12.1 Å². The Morgan fingerprint density at radius 1 is 1.39 bits per heavy atom. The molecule has 6 heteroatoms. The van der Waals surface area contributed by atoms with Crippen LogP contribution in [0.4, 0.5) is 0 Å². The highest BCUT2D eigenvalue weighted by molar-refractivity contribution is 9.10. The second-order valence-electron chi connectivity index (χ2n) is 3.78. The predicted molar refractivity (Wildman–Crippen MR) is 73.0 cm³/mol. The van der Waals surface area contributed by atoms with Crippen molar-refractivity contribution in [3.05, 3.63) is 33.3 Å². The molecule has 1 amide bonds. The van der Waals surface area contributed by atoms with Crippen LogP contribution in [0.2, 0.25) is 5.02 Å². The molecule has 0 unspecified atom stereocenters. The quantitative estimate of drug-likeness (QED) is 0.900. The molecule has 1 N–H and O–H groups in total. The lowest BCUT2D eigenvalue weighted by Crippen LogP contribution is -2.36. The maximum Gasteiger partial charge on any atom is 0.323 e. The number of amides is 1. The van der Waals surface area contributed by atoms with E-state index in [0.717, 1.165) is 0 Å². The Bertz CT molecular complexity index is 444. The van der Waals surface area contributed by atoms with Gasteiger partial charge in [0.05, 0.1) is 0 Å². The fourth-order valence-corrected chi connectivity index (χ4v) is 2.41. The number of aliphatic carboxylic acids is 1. The van der Waals surface area contributed by atoms with Crippen LogP contribution in [-0.2, 0) is 4.79 Å². The van der Waals surface area contributed by atoms with Crippen LogP contribution in [0.1, 0.15) is 23.7 Å². The number of carboxylic acids is 1. The third-order valence-corrected chi connectivity index (χ3v) is 2.89. The third-order valence-electron chi connectivity index (χ3n) is 2.22. The van der Waals surface area contributed by atoms with E-state index >= 15 is 0 Å². The summed E-state index contributed by atoms with van der Waals surface area (Å²) in [7, 11) is 0. The Morgan fingerprint density at radius 2 is 2.06 bits per heavy atom. The Hall–Kier alpha value is -1.07. The van der Waals surface area contributed by atoms with E-state index in [9.17, 15) is 9.59 Å². The number of carbonyl (C=O) groups is 2. The van der Waals surface area contributed by atoms with Gasteiger partial charge in [0.15, 0.2) is 0 Å². The summed E-state index contributed by atoms with van der Waals surface area (Å²) in [6, 6.07) is 4.82. The van der Waals surface area contributed by atoms with Crippen LogP contribution in [0.3, 0.4) is 0 Å². The molecule has 0 saturated heterocycles. The van der Waals surface area contributed by atoms with Crippen molar-refractivity contribution in [2.24, 2.45) is 0 Å². The summed E-state index contributed by atoms with van der Waals surface area (Å²) in [5.41, 5.74) is 0.379. The smallest absolute Gasteiger partial charge is 0.323 e. The normalized spacial score (nSPS) is 10.2. The average Bonchev–Trinajstić information content (AvgIpc) is 2.25. The van der Waals surface area contributed by atoms with Crippen molar-refractivity contribution in [1.29, 1.82) is 0 Å². The van der Waals surface area contributed by atoms with Gasteiger partial charge < -0.3 is 10.0 Å². The Balaban J connectivity index is 2.97. The molecule has 1 rings (SSSR count). The first kappa shape index (κ1) is 15.0. The van der Waals surface area contributed by atoms with Gasteiger partial charge >= 0.3 is 5.97 Å². The maximum absolute atomic E-state index is 12.2. The molecule has 4 nitrogen and oxygen atoms in total. The van der Waals surface area contributed by atoms with Crippen LogP contribution >= 0.6 is 27.5 Å². The van der Waals surface area contributed by atoms with Crippen LogP contribution in [0.5, 0.6) is 0 Å². The molecule has 0 fully saturated rings. The molecule has 0 aliphatic rings. The Kier molecular flexibility index (Phi) is 5.62. The van der Waals surface area contributed by atoms with E-state index in [1.807, 2.05) is 6.92 Å². The number of hydrogen-bond acceptors (Lipinski definition) is 2. The van der Waals surface area contributed by atoms with Crippen molar-refractivity contribution in [2.75, 3.05) is 13.1 Å². The van der Waals surface area contributed by atoms with E-state index in [4.69, 9.17) is 16.7 Å². The molecule has 0 saturated carbocycles. The topological polar surface area (TPSA) is 57.6 Å². The molecule has 18 heavy (non-hydrogen) atoms. The number of carboxylic acid groups (broad SMARTS) is 1. The molecule has 0 bridgehead atoms. The number of rotatable bonds is 5. The number of carbonyl (C=O) groups excluding carboxylic acids is 1. The molecular formula is C12H13BrClNO3. The van der Waals surface area contributed by atoms with Crippen molar-refractivity contribution in [1.82, 2.24) is 4.90 Å². The van der Waals surface area contributed by atoms with Gasteiger partial charge in [-0.05, 0) is 24.6 Å². The summed E-state index contributed by atoms with van der Waals surface area (Å²) in [5, 5.41) is 9.22. The van der Waals surface area contributed by atoms with Gasteiger partial charge in [-0.1, -0.05) is 34.5 Å². The van der Waals surface area contributed by atoms with Gasteiger partial charge in [-0.2, -0.15) is 0 Å². The first-order chi connectivity index (χ1) is 8.43. The molecule has 0 heterocycles. The number of nitrogens with zero attached hydrogens (tertiary/aromatic N) is 1. The van der Waals surface area contributed by atoms with Crippen LogP contribution < -0.4 is 0 Å². The minimum Gasteiger partial charge on any atom is -0.480 e. The molecule has 1 aromatic carbocycles. The second kappa shape index (κ2) is 6.75. The van der Waals surface area contributed by atoms with E-state index in [1.165, 1.54) is 11.0 Å². The summed E-state index contributed by atoms with van der Waals surface area (Å²) in [6.07, 6.45) is 0.695. The van der Waals surface area contributed by atoms with E-state index < -0.39 is 5.97 Å². The second-order valence-corrected chi connectivity index (χ2v) is 5.13. The van der Waals surface area contributed by atoms with Gasteiger partial charge in [0.2, 0.25) is 0 Å². The van der Waals surface area contributed by atoms with Gasteiger partial charge in [0, 0.05) is 21.6 Å². The van der Waals surface area contributed by atoms with Crippen molar-refractivity contribution in [3.63, 3.8) is 0 Å². The summed E-state index contributed by atoms with van der Waals surface area (Å²) in [4.78, 5) is 24.2. The number of hydrogen-bond donors (Lipinski definition) is 1. The molecule has 0 atom stereocenters.